The largest absolute Gasteiger partial charge is 0.442 e. The standard InChI is InChI=1S/C24H34O4/c1-19(2)21(25)27-23(13-9-5-6-10-14-23)17-18-24(28-22(26)20(3)4)15-11-7-8-12-16-24/h1,3,5-16H2,2,4H3. The van der Waals surface area contributed by atoms with Crippen LogP contribution in [0.2, 0.25) is 0 Å². The first-order valence-corrected chi connectivity index (χ1v) is 10.6. The Morgan fingerprint density at radius 2 is 0.929 bits per heavy atom. The monoisotopic (exact) mass is 386 g/mol. The van der Waals surface area contributed by atoms with Crippen molar-refractivity contribution in [1.29, 1.82) is 0 Å². The summed E-state index contributed by atoms with van der Waals surface area (Å²) in [5, 5.41) is 0. The van der Waals surface area contributed by atoms with E-state index in [-0.39, 0.29) is 0 Å². The van der Waals surface area contributed by atoms with E-state index in [0.717, 1.165) is 51.4 Å². The highest BCUT2D eigenvalue weighted by molar-refractivity contribution is 5.88. The van der Waals surface area contributed by atoms with Gasteiger partial charge in [0.1, 0.15) is 0 Å². The maximum Gasteiger partial charge on any atom is 0.334 e. The fourth-order valence-electron chi connectivity index (χ4n) is 3.86. The van der Waals surface area contributed by atoms with E-state index in [1.807, 2.05) is 0 Å². The van der Waals surface area contributed by atoms with Gasteiger partial charge in [-0.2, -0.15) is 0 Å². The van der Waals surface area contributed by atoms with Crippen molar-refractivity contribution in [3.05, 3.63) is 24.3 Å². The van der Waals surface area contributed by atoms with Gasteiger partial charge in [0.15, 0.2) is 11.2 Å². The van der Waals surface area contributed by atoms with Gasteiger partial charge in [-0.25, -0.2) is 9.59 Å². The van der Waals surface area contributed by atoms with Crippen molar-refractivity contribution in [1.82, 2.24) is 0 Å². The molecule has 2 fully saturated rings. The zero-order chi connectivity index (χ0) is 20.6. The summed E-state index contributed by atoms with van der Waals surface area (Å²) in [6.07, 6.45) is 11.2. The third kappa shape index (κ3) is 6.26. The summed E-state index contributed by atoms with van der Waals surface area (Å²) < 4.78 is 11.7. The Labute approximate surface area is 169 Å². The van der Waals surface area contributed by atoms with E-state index in [9.17, 15) is 9.59 Å². The number of hydrogen-bond acceptors (Lipinski definition) is 4. The van der Waals surface area contributed by atoms with Gasteiger partial charge in [-0.15, -0.1) is 0 Å². The normalized spacial score (nSPS) is 21.1. The van der Waals surface area contributed by atoms with Gasteiger partial charge in [-0.1, -0.05) is 50.7 Å². The predicted molar refractivity (Wildman–Crippen MR) is 110 cm³/mol. The van der Waals surface area contributed by atoms with Crippen LogP contribution in [0, 0.1) is 11.8 Å². The molecule has 0 radical (unpaired) electrons. The van der Waals surface area contributed by atoms with Crippen molar-refractivity contribution in [2.24, 2.45) is 0 Å². The number of carbonyl (C=O) groups is 2. The molecule has 28 heavy (non-hydrogen) atoms. The maximum absolute atomic E-state index is 12.3. The lowest BCUT2D eigenvalue weighted by molar-refractivity contribution is -0.152. The number of hydrogen-bond donors (Lipinski definition) is 0. The molecule has 2 aliphatic carbocycles. The topological polar surface area (TPSA) is 52.6 Å². The van der Waals surface area contributed by atoms with E-state index < -0.39 is 23.1 Å². The number of carbonyl (C=O) groups excluding carboxylic acids is 2. The van der Waals surface area contributed by atoms with E-state index in [4.69, 9.17) is 9.47 Å². The lowest BCUT2D eigenvalue weighted by Gasteiger charge is -2.30. The van der Waals surface area contributed by atoms with Gasteiger partial charge in [0, 0.05) is 11.1 Å². The molecule has 0 aromatic heterocycles. The minimum absolute atomic E-state index is 0.378. The SMILES string of the molecule is C=C(C)C(=O)OC1(C#CC2(OC(=O)C(=C)C)CCCCCC2)CCCCCC1. The molecule has 0 saturated heterocycles. The molecule has 2 saturated carbocycles. The van der Waals surface area contributed by atoms with Gasteiger partial charge in [-0.05, 0) is 65.2 Å². The molecule has 0 N–H and O–H groups in total. The first kappa shape index (κ1) is 22.3. The highest BCUT2D eigenvalue weighted by atomic mass is 16.6. The van der Waals surface area contributed by atoms with Crippen molar-refractivity contribution < 1.29 is 19.1 Å². The van der Waals surface area contributed by atoms with Crippen LogP contribution in [0.5, 0.6) is 0 Å². The fourth-order valence-corrected chi connectivity index (χ4v) is 3.86. The molecule has 0 amide bonds. The van der Waals surface area contributed by atoms with Gasteiger partial charge < -0.3 is 9.47 Å². The molecule has 0 aromatic rings. The van der Waals surface area contributed by atoms with Gasteiger partial charge in [0.25, 0.3) is 0 Å². The quantitative estimate of drug-likeness (QED) is 0.280. The molecule has 0 heterocycles. The molecule has 0 atom stereocenters. The fraction of sp³-hybridized carbons (Fsp3) is 0.667. The van der Waals surface area contributed by atoms with Crippen LogP contribution in [-0.4, -0.2) is 23.1 Å². The molecule has 2 rings (SSSR count). The second-order valence-corrected chi connectivity index (χ2v) is 8.41. The lowest BCUT2D eigenvalue weighted by Crippen LogP contribution is -2.37. The smallest absolute Gasteiger partial charge is 0.334 e. The summed E-state index contributed by atoms with van der Waals surface area (Å²) in [4.78, 5) is 24.6. The Kier molecular flexibility index (Phi) is 7.92. The molecule has 0 aromatic carbocycles. The summed E-state index contributed by atoms with van der Waals surface area (Å²) in [6.45, 7) is 10.7. The zero-order valence-corrected chi connectivity index (χ0v) is 17.5. The van der Waals surface area contributed by atoms with E-state index in [1.165, 1.54) is 0 Å². The summed E-state index contributed by atoms with van der Waals surface area (Å²) in [5.41, 5.74) is -0.880. The second kappa shape index (κ2) is 9.96. The molecular formula is C24H34O4. The van der Waals surface area contributed by atoms with Crippen molar-refractivity contribution >= 4 is 11.9 Å². The van der Waals surface area contributed by atoms with E-state index in [1.54, 1.807) is 13.8 Å². The zero-order valence-electron chi connectivity index (χ0n) is 17.5. The Morgan fingerprint density at radius 1 is 0.643 bits per heavy atom. The molecule has 0 bridgehead atoms. The predicted octanol–water partition coefficient (Wildman–Crippen LogP) is 5.41. The molecule has 0 aliphatic heterocycles. The average molecular weight is 387 g/mol. The summed E-state index contributed by atoms with van der Waals surface area (Å²) in [6, 6.07) is 0. The third-order valence-corrected chi connectivity index (χ3v) is 5.61. The van der Waals surface area contributed by atoms with Gasteiger partial charge in [-0.3, -0.25) is 0 Å². The van der Waals surface area contributed by atoms with Crippen molar-refractivity contribution in [2.75, 3.05) is 0 Å². The van der Waals surface area contributed by atoms with Crippen LogP contribution in [0.25, 0.3) is 0 Å². The van der Waals surface area contributed by atoms with Gasteiger partial charge in [0.05, 0.1) is 0 Å². The van der Waals surface area contributed by atoms with Crippen molar-refractivity contribution in [2.45, 2.75) is 102 Å². The highest BCUT2D eigenvalue weighted by Crippen LogP contribution is 2.34. The van der Waals surface area contributed by atoms with Crippen LogP contribution in [0.15, 0.2) is 24.3 Å². The molecule has 2 aliphatic rings. The Bertz CT molecular complexity index is 604. The molecule has 154 valence electrons. The first-order chi connectivity index (χ1) is 13.3. The Balaban J connectivity index is 2.37. The van der Waals surface area contributed by atoms with Crippen LogP contribution in [0.1, 0.15) is 90.9 Å². The van der Waals surface area contributed by atoms with Crippen molar-refractivity contribution in [3.8, 4) is 11.8 Å². The highest BCUT2D eigenvalue weighted by Gasteiger charge is 2.37. The van der Waals surface area contributed by atoms with Crippen LogP contribution in [0.4, 0.5) is 0 Å². The van der Waals surface area contributed by atoms with Crippen molar-refractivity contribution in [3.63, 3.8) is 0 Å². The van der Waals surface area contributed by atoms with Gasteiger partial charge >= 0.3 is 11.9 Å². The average Bonchev–Trinajstić information content (AvgIpc) is 3.01. The van der Waals surface area contributed by atoms with Crippen LogP contribution in [0.3, 0.4) is 0 Å². The number of rotatable bonds is 4. The Morgan fingerprint density at radius 3 is 1.18 bits per heavy atom. The summed E-state index contributed by atoms with van der Waals surface area (Å²) >= 11 is 0. The van der Waals surface area contributed by atoms with Crippen LogP contribution >= 0.6 is 0 Å². The number of esters is 2. The van der Waals surface area contributed by atoms with Gasteiger partial charge in [0.2, 0.25) is 0 Å². The van der Waals surface area contributed by atoms with Crippen LogP contribution < -0.4 is 0 Å². The minimum atomic E-state index is -0.818. The molecule has 0 spiro atoms. The molecular weight excluding hydrogens is 352 g/mol. The molecule has 4 nitrogen and oxygen atoms in total. The minimum Gasteiger partial charge on any atom is -0.442 e. The third-order valence-electron chi connectivity index (χ3n) is 5.61. The molecule has 4 heteroatoms. The van der Waals surface area contributed by atoms with E-state index in [2.05, 4.69) is 25.0 Å². The summed E-state index contributed by atoms with van der Waals surface area (Å²) in [7, 11) is 0. The summed E-state index contributed by atoms with van der Waals surface area (Å²) in [5.74, 6) is 5.81. The molecule has 0 unspecified atom stereocenters. The second-order valence-electron chi connectivity index (χ2n) is 8.41. The first-order valence-electron chi connectivity index (χ1n) is 10.6. The maximum atomic E-state index is 12.3. The number of ether oxygens (including phenoxy) is 2. The van der Waals surface area contributed by atoms with E-state index in [0.29, 0.717) is 36.8 Å². The lowest BCUT2D eigenvalue weighted by atomic mass is 9.89. The van der Waals surface area contributed by atoms with Crippen LogP contribution in [-0.2, 0) is 19.1 Å². The van der Waals surface area contributed by atoms with E-state index >= 15 is 0 Å². The Hall–Kier alpha value is -2.02.